The van der Waals surface area contributed by atoms with E-state index in [2.05, 4.69) is 48.5 Å². The fourth-order valence-corrected chi connectivity index (χ4v) is 7.78. The topological polar surface area (TPSA) is 49.7 Å². The van der Waals surface area contributed by atoms with Gasteiger partial charge in [0, 0.05) is 15.4 Å². The van der Waals surface area contributed by atoms with Gasteiger partial charge in [0.15, 0.2) is 5.70 Å². The maximum absolute atomic E-state index is 12.8. The molecule has 0 bridgehead atoms. The van der Waals surface area contributed by atoms with Crippen LogP contribution in [0.4, 0.5) is 0 Å². The molecule has 6 rings (SSSR count). The number of carboxylic acid groups (broad SMARTS) is 1. The molecule has 1 heterocycles. The second kappa shape index (κ2) is 10.9. The molecule has 38 heavy (non-hydrogen) atoms. The van der Waals surface area contributed by atoms with E-state index in [1.54, 1.807) is 23.5 Å². The van der Waals surface area contributed by atoms with Gasteiger partial charge in [-0.05, 0) is 29.5 Å². The molecule has 0 aromatic heterocycles. The Morgan fingerprint density at radius 1 is 0.711 bits per heavy atom. The number of allylic oxidation sites excluding steroid dienone is 1. The molecule has 1 aliphatic heterocycles. The number of carboxylic acids is 1. The highest BCUT2D eigenvalue weighted by Crippen LogP contribution is 2.58. The van der Waals surface area contributed by atoms with Crippen LogP contribution in [0.25, 0.3) is 4.91 Å². The third kappa shape index (κ3) is 4.90. The summed E-state index contributed by atoms with van der Waals surface area (Å²) in [5.41, 5.74) is 6.38. The molecule has 2 aliphatic rings. The number of aliphatic carboxylic acids is 1. The minimum atomic E-state index is -1.01. The average Bonchev–Trinajstić information content (AvgIpc) is 3.41. The molecule has 1 N–H and O–H groups in total. The number of aryl methyl sites for hydroxylation is 1. The summed E-state index contributed by atoms with van der Waals surface area (Å²) < 4.78 is 0.729. The van der Waals surface area contributed by atoms with Gasteiger partial charge in [-0.1, -0.05) is 150 Å². The molecule has 0 unspecified atom stereocenters. The van der Waals surface area contributed by atoms with Gasteiger partial charge in [0.25, 0.3) is 6.71 Å². The van der Waals surface area contributed by atoms with Crippen LogP contribution in [0.1, 0.15) is 23.1 Å². The predicted molar refractivity (Wildman–Crippen MR) is 162 cm³/mol. The monoisotopic (exact) mass is 529 g/mol. The van der Waals surface area contributed by atoms with E-state index < -0.39 is 5.97 Å². The van der Waals surface area contributed by atoms with E-state index in [0.717, 1.165) is 39.2 Å². The average molecular weight is 529 g/mol. The third-order valence-corrected chi connectivity index (χ3v) is 9.50. The molecular weight excluding hydrogens is 505 g/mol. The van der Waals surface area contributed by atoms with Gasteiger partial charge in [-0.2, -0.15) is 0 Å². The standard InChI is InChI=1S/C32H24BNO2S2/c35-31(36)28(32-37-27-21-20-22-12-10-11-19-26(22)29(27)38-32)34-30(23-13-4-1-5-14-23)33(24-15-6-2-7-16-24)25-17-8-3-9-18-25/h1-19H,20-21H2,(H,35,36)/b32-28+,34-30+. The number of thioether (sulfide) groups is 2. The van der Waals surface area contributed by atoms with Crippen LogP contribution >= 0.6 is 23.5 Å². The number of rotatable bonds is 6. The summed E-state index contributed by atoms with van der Waals surface area (Å²) in [6.07, 6.45) is 1.90. The van der Waals surface area contributed by atoms with Crippen molar-refractivity contribution in [2.45, 2.75) is 12.8 Å². The molecular formula is C32H24BNO2S2. The van der Waals surface area contributed by atoms with Crippen molar-refractivity contribution < 1.29 is 9.90 Å². The lowest BCUT2D eigenvalue weighted by Crippen LogP contribution is -2.49. The van der Waals surface area contributed by atoms with E-state index in [9.17, 15) is 9.90 Å². The summed E-state index contributed by atoms with van der Waals surface area (Å²) in [6.45, 7) is -0.227. The smallest absolute Gasteiger partial charge is 0.356 e. The lowest BCUT2D eigenvalue weighted by atomic mass is 9.36. The Morgan fingerprint density at radius 3 is 1.92 bits per heavy atom. The zero-order valence-electron chi connectivity index (χ0n) is 20.6. The second-order valence-electron chi connectivity index (χ2n) is 9.17. The highest BCUT2D eigenvalue weighted by molar-refractivity contribution is 8.31. The van der Waals surface area contributed by atoms with Crippen LogP contribution in [-0.4, -0.2) is 23.4 Å². The van der Waals surface area contributed by atoms with Crippen molar-refractivity contribution in [2.24, 2.45) is 4.99 Å². The van der Waals surface area contributed by atoms with Crippen LogP contribution in [0, 0.1) is 0 Å². The summed E-state index contributed by atoms with van der Waals surface area (Å²) in [5, 5.41) is 10.5. The molecule has 1 aliphatic carbocycles. The zero-order chi connectivity index (χ0) is 25.9. The minimum Gasteiger partial charge on any atom is -0.476 e. The quantitative estimate of drug-likeness (QED) is 0.179. The first-order valence-electron chi connectivity index (χ1n) is 12.6. The van der Waals surface area contributed by atoms with Gasteiger partial charge >= 0.3 is 5.97 Å². The van der Waals surface area contributed by atoms with Crippen molar-refractivity contribution in [3.8, 4) is 0 Å². The maximum Gasteiger partial charge on any atom is 0.356 e. The largest absolute Gasteiger partial charge is 0.476 e. The highest BCUT2D eigenvalue weighted by atomic mass is 32.2. The first kappa shape index (κ1) is 24.6. The predicted octanol–water partition coefficient (Wildman–Crippen LogP) is 6.37. The highest BCUT2D eigenvalue weighted by Gasteiger charge is 2.33. The molecule has 0 saturated carbocycles. The van der Waals surface area contributed by atoms with Crippen LogP contribution in [0.2, 0.25) is 0 Å². The number of carbonyl (C=O) groups is 1. The molecule has 3 nitrogen and oxygen atoms in total. The van der Waals surface area contributed by atoms with Gasteiger partial charge in [0.2, 0.25) is 0 Å². The summed E-state index contributed by atoms with van der Waals surface area (Å²) in [6, 6.07) is 38.8. The molecule has 184 valence electrons. The Labute approximate surface area is 231 Å². The number of benzene rings is 4. The van der Waals surface area contributed by atoms with Gasteiger partial charge in [0.05, 0.1) is 4.24 Å². The van der Waals surface area contributed by atoms with E-state index in [4.69, 9.17) is 4.99 Å². The van der Waals surface area contributed by atoms with Gasteiger partial charge in [0.1, 0.15) is 0 Å². The Balaban J connectivity index is 1.52. The van der Waals surface area contributed by atoms with Crippen molar-refractivity contribution in [1.29, 1.82) is 0 Å². The van der Waals surface area contributed by atoms with Crippen molar-refractivity contribution >= 4 is 57.6 Å². The Hall–Kier alpha value is -3.74. The third-order valence-electron chi connectivity index (χ3n) is 6.78. The fourth-order valence-electron chi connectivity index (χ4n) is 5.01. The van der Waals surface area contributed by atoms with E-state index in [0.29, 0.717) is 0 Å². The summed E-state index contributed by atoms with van der Waals surface area (Å²) in [4.78, 5) is 20.2. The Bertz CT molecular complexity index is 1540. The lowest BCUT2D eigenvalue weighted by molar-refractivity contribution is -0.132. The second-order valence-corrected chi connectivity index (χ2v) is 11.6. The van der Waals surface area contributed by atoms with Crippen LogP contribution in [-0.2, 0) is 11.2 Å². The summed E-state index contributed by atoms with van der Waals surface area (Å²) in [5.74, 6) is -1.01. The molecule has 4 aromatic carbocycles. The zero-order valence-corrected chi connectivity index (χ0v) is 22.2. The molecule has 6 heteroatoms. The van der Waals surface area contributed by atoms with Gasteiger partial charge in [-0.3, -0.25) is 4.99 Å². The first-order valence-corrected chi connectivity index (χ1v) is 14.2. The Kier molecular flexibility index (Phi) is 7.08. The molecule has 0 radical (unpaired) electrons. The van der Waals surface area contributed by atoms with Gasteiger partial charge in [-0.15, -0.1) is 0 Å². The number of hydrogen-bond donors (Lipinski definition) is 1. The van der Waals surface area contributed by atoms with Crippen molar-refractivity contribution in [2.75, 3.05) is 0 Å². The van der Waals surface area contributed by atoms with E-state index in [1.165, 1.54) is 20.9 Å². The minimum absolute atomic E-state index is 0.0996. The number of hydrogen-bond acceptors (Lipinski definition) is 4. The normalized spacial score (nSPS) is 16.1. The molecule has 4 aromatic rings. The maximum atomic E-state index is 12.8. The SMILES string of the molecule is O=C(O)C(/N=C(/B(c1ccccc1)c1ccccc1)c1ccccc1)=C1/SC2=C(S1)c1ccccc1CC2. The van der Waals surface area contributed by atoms with Crippen molar-refractivity contribution in [3.05, 3.63) is 147 Å². The summed E-state index contributed by atoms with van der Waals surface area (Å²) in [7, 11) is 0. The van der Waals surface area contributed by atoms with E-state index in [1.807, 2.05) is 66.7 Å². The first-order chi connectivity index (χ1) is 18.7. The van der Waals surface area contributed by atoms with Crippen LogP contribution < -0.4 is 10.9 Å². The molecule has 0 atom stereocenters. The number of aliphatic imine (C=N–C) groups is 1. The van der Waals surface area contributed by atoms with Crippen molar-refractivity contribution in [1.82, 2.24) is 0 Å². The lowest BCUT2D eigenvalue weighted by Gasteiger charge is -2.19. The summed E-state index contributed by atoms with van der Waals surface area (Å²) >= 11 is 3.12. The molecule has 0 amide bonds. The van der Waals surface area contributed by atoms with Gasteiger partial charge < -0.3 is 5.11 Å². The van der Waals surface area contributed by atoms with E-state index in [-0.39, 0.29) is 12.4 Å². The van der Waals surface area contributed by atoms with Crippen molar-refractivity contribution in [3.63, 3.8) is 0 Å². The van der Waals surface area contributed by atoms with E-state index >= 15 is 0 Å². The number of fused-ring (bicyclic) bond motifs is 2. The fraction of sp³-hybridized carbons (Fsp3) is 0.0625. The van der Waals surface area contributed by atoms with Crippen LogP contribution in [0.5, 0.6) is 0 Å². The molecule has 0 fully saturated rings. The Morgan fingerprint density at radius 2 is 1.29 bits per heavy atom. The van der Waals surface area contributed by atoms with Crippen LogP contribution in [0.3, 0.4) is 0 Å². The van der Waals surface area contributed by atoms with Gasteiger partial charge in [-0.25, -0.2) is 4.79 Å². The number of nitrogens with zero attached hydrogens (tertiary/aromatic N) is 1. The molecule has 0 spiro atoms. The molecule has 0 saturated heterocycles. The van der Waals surface area contributed by atoms with Crippen LogP contribution in [0.15, 0.2) is 135 Å².